The summed E-state index contributed by atoms with van der Waals surface area (Å²) in [6.45, 7) is 0.313. The van der Waals surface area contributed by atoms with Crippen LogP contribution in [0.4, 0.5) is 0 Å². The van der Waals surface area contributed by atoms with Gasteiger partial charge in [0.05, 0.1) is 17.1 Å². The molecule has 4 nitrogen and oxygen atoms in total. The van der Waals surface area contributed by atoms with E-state index in [0.29, 0.717) is 16.8 Å². The molecule has 0 radical (unpaired) electrons. The molecule has 0 aliphatic heterocycles. The van der Waals surface area contributed by atoms with Crippen LogP contribution in [0.3, 0.4) is 0 Å². The number of halogens is 2. The molecule has 6 heteroatoms. The van der Waals surface area contributed by atoms with Crippen molar-refractivity contribution in [1.82, 2.24) is 0 Å². The molecule has 0 spiro atoms. The van der Waals surface area contributed by atoms with Crippen LogP contribution in [-0.2, 0) is 6.61 Å². The standard InChI is InChI=1S/C15H12Br2O4/c1-20-13-5-3-11(16)6-10(13)8-21-14-4-2-9(15(18)19)7-12(14)17/h2-7H,8H2,1H3,(H,18,19). The summed E-state index contributed by atoms with van der Waals surface area (Å²) in [5, 5.41) is 8.92. The van der Waals surface area contributed by atoms with Gasteiger partial charge in [0.25, 0.3) is 0 Å². The molecule has 0 aromatic heterocycles. The maximum Gasteiger partial charge on any atom is 0.335 e. The quantitative estimate of drug-likeness (QED) is 0.781. The predicted octanol–water partition coefficient (Wildman–Crippen LogP) is 4.50. The second-order valence-electron chi connectivity index (χ2n) is 4.20. The molecule has 2 aromatic rings. The Labute approximate surface area is 139 Å². The van der Waals surface area contributed by atoms with Gasteiger partial charge in [0.15, 0.2) is 0 Å². The number of aromatic carboxylic acids is 1. The van der Waals surface area contributed by atoms with Crippen LogP contribution in [0.1, 0.15) is 15.9 Å². The van der Waals surface area contributed by atoms with Gasteiger partial charge in [-0.2, -0.15) is 0 Å². The van der Waals surface area contributed by atoms with Gasteiger partial charge in [-0.3, -0.25) is 0 Å². The number of benzene rings is 2. The summed E-state index contributed by atoms with van der Waals surface area (Å²) in [6.07, 6.45) is 0. The van der Waals surface area contributed by atoms with Gasteiger partial charge in [0, 0.05) is 10.0 Å². The van der Waals surface area contributed by atoms with E-state index >= 15 is 0 Å². The van der Waals surface area contributed by atoms with E-state index in [1.54, 1.807) is 13.2 Å². The summed E-state index contributed by atoms with van der Waals surface area (Å²) in [6, 6.07) is 10.3. The monoisotopic (exact) mass is 414 g/mol. The molecule has 0 saturated carbocycles. The number of carboxylic acids is 1. The fourth-order valence-corrected chi connectivity index (χ4v) is 2.67. The molecular formula is C15H12Br2O4. The average Bonchev–Trinajstić information content (AvgIpc) is 2.46. The number of rotatable bonds is 5. The summed E-state index contributed by atoms with van der Waals surface area (Å²) in [5.41, 5.74) is 1.09. The third kappa shape index (κ3) is 3.98. The zero-order chi connectivity index (χ0) is 15.4. The van der Waals surface area contributed by atoms with Crippen molar-refractivity contribution in [2.45, 2.75) is 6.61 Å². The number of carboxylic acid groups (broad SMARTS) is 1. The second-order valence-corrected chi connectivity index (χ2v) is 5.97. The first-order valence-corrected chi connectivity index (χ1v) is 7.58. The molecule has 0 amide bonds. The molecule has 0 fully saturated rings. The molecule has 0 heterocycles. The van der Waals surface area contributed by atoms with E-state index in [9.17, 15) is 4.79 Å². The number of ether oxygens (including phenoxy) is 2. The van der Waals surface area contributed by atoms with Crippen LogP contribution in [0.15, 0.2) is 45.3 Å². The van der Waals surface area contributed by atoms with E-state index in [1.165, 1.54) is 12.1 Å². The smallest absolute Gasteiger partial charge is 0.335 e. The van der Waals surface area contributed by atoms with E-state index in [-0.39, 0.29) is 5.56 Å². The molecule has 21 heavy (non-hydrogen) atoms. The highest BCUT2D eigenvalue weighted by Crippen LogP contribution is 2.29. The van der Waals surface area contributed by atoms with Crippen molar-refractivity contribution >= 4 is 37.8 Å². The van der Waals surface area contributed by atoms with E-state index in [1.807, 2.05) is 18.2 Å². The molecule has 110 valence electrons. The average molecular weight is 416 g/mol. The van der Waals surface area contributed by atoms with Crippen molar-refractivity contribution in [3.05, 3.63) is 56.5 Å². The second kappa shape index (κ2) is 6.95. The Morgan fingerprint density at radius 2 is 1.86 bits per heavy atom. The van der Waals surface area contributed by atoms with Crippen LogP contribution in [0.2, 0.25) is 0 Å². The normalized spacial score (nSPS) is 10.2. The summed E-state index contributed by atoms with van der Waals surface area (Å²) >= 11 is 6.72. The van der Waals surface area contributed by atoms with Crippen molar-refractivity contribution in [3.63, 3.8) is 0 Å². The van der Waals surface area contributed by atoms with Crippen molar-refractivity contribution in [2.75, 3.05) is 7.11 Å². The number of hydrogen-bond donors (Lipinski definition) is 1. The van der Waals surface area contributed by atoms with Crippen molar-refractivity contribution < 1.29 is 19.4 Å². The van der Waals surface area contributed by atoms with Crippen LogP contribution in [-0.4, -0.2) is 18.2 Å². The van der Waals surface area contributed by atoms with Gasteiger partial charge in [-0.15, -0.1) is 0 Å². The summed E-state index contributed by atoms with van der Waals surface area (Å²) < 4.78 is 12.5. The van der Waals surface area contributed by atoms with Crippen molar-refractivity contribution in [2.24, 2.45) is 0 Å². The Morgan fingerprint density at radius 1 is 1.14 bits per heavy atom. The van der Waals surface area contributed by atoms with E-state index in [4.69, 9.17) is 14.6 Å². The van der Waals surface area contributed by atoms with E-state index < -0.39 is 5.97 Å². The Morgan fingerprint density at radius 3 is 2.48 bits per heavy atom. The number of carbonyl (C=O) groups is 1. The summed E-state index contributed by atoms with van der Waals surface area (Å²) in [7, 11) is 1.60. The molecule has 0 aliphatic carbocycles. The first-order chi connectivity index (χ1) is 10.0. The fourth-order valence-electron chi connectivity index (χ4n) is 1.77. The number of methoxy groups -OCH3 is 1. The third-order valence-electron chi connectivity index (χ3n) is 2.80. The first kappa shape index (κ1) is 15.9. The van der Waals surface area contributed by atoms with Gasteiger partial charge in [0.1, 0.15) is 18.1 Å². The Bertz CT molecular complexity index is 671. The first-order valence-electron chi connectivity index (χ1n) is 5.99. The van der Waals surface area contributed by atoms with Crippen molar-refractivity contribution in [1.29, 1.82) is 0 Å². The van der Waals surface area contributed by atoms with Crippen LogP contribution in [0.5, 0.6) is 11.5 Å². The van der Waals surface area contributed by atoms with Gasteiger partial charge in [-0.25, -0.2) is 4.79 Å². The molecule has 0 bridgehead atoms. The van der Waals surface area contributed by atoms with E-state index in [2.05, 4.69) is 31.9 Å². The van der Waals surface area contributed by atoms with Gasteiger partial charge in [0.2, 0.25) is 0 Å². The molecule has 0 atom stereocenters. The van der Waals surface area contributed by atoms with Crippen LogP contribution >= 0.6 is 31.9 Å². The molecule has 2 aromatic carbocycles. The predicted molar refractivity (Wildman–Crippen MR) is 86.1 cm³/mol. The third-order valence-corrected chi connectivity index (χ3v) is 3.92. The molecule has 0 saturated heterocycles. The molecule has 1 N–H and O–H groups in total. The maximum atomic E-state index is 10.9. The number of hydrogen-bond acceptors (Lipinski definition) is 3. The lowest BCUT2D eigenvalue weighted by molar-refractivity contribution is 0.0696. The molecular weight excluding hydrogens is 404 g/mol. The van der Waals surface area contributed by atoms with Gasteiger partial charge in [-0.05, 0) is 52.3 Å². The SMILES string of the molecule is COc1ccc(Br)cc1COc1ccc(C(=O)O)cc1Br. The maximum absolute atomic E-state index is 10.9. The van der Waals surface area contributed by atoms with Crippen LogP contribution < -0.4 is 9.47 Å². The topological polar surface area (TPSA) is 55.8 Å². The minimum Gasteiger partial charge on any atom is -0.496 e. The highest BCUT2D eigenvalue weighted by molar-refractivity contribution is 9.10. The lowest BCUT2D eigenvalue weighted by atomic mass is 10.2. The Balaban J connectivity index is 2.17. The zero-order valence-corrected chi connectivity index (χ0v) is 14.3. The van der Waals surface area contributed by atoms with Crippen molar-refractivity contribution in [3.8, 4) is 11.5 Å². The molecule has 0 aliphatic rings. The molecule has 0 unspecified atom stereocenters. The largest absolute Gasteiger partial charge is 0.496 e. The molecule has 2 rings (SSSR count). The Kier molecular flexibility index (Phi) is 5.25. The highest BCUT2D eigenvalue weighted by atomic mass is 79.9. The minimum absolute atomic E-state index is 0.203. The lowest BCUT2D eigenvalue weighted by Gasteiger charge is -2.12. The van der Waals surface area contributed by atoms with E-state index in [0.717, 1.165) is 15.8 Å². The summed E-state index contributed by atoms with van der Waals surface area (Å²) in [4.78, 5) is 10.9. The van der Waals surface area contributed by atoms with Gasteiger partial charge < -0.3 is 14.6 Å². The summed E-state index contributed by atoms with van der Waals surface area (Å²) in [5.74, 6) is 0.328. The van der Waals surface area contributed by atoms with Gasteiger partial charge in [-0.1, -0.05) is 15.9 Å². The van der Waals surface area contributed by atoms with Crippen LogP contribution in [0.25, 0.3) is 0 Å². The Hall–Kier alpha value is -1.53. The highest BCUT2D eigenvalue weighted by Gasteiger charge is 2.09. The van der Waals surface area contributed by atoms with Crippen LogP contribution in [0, 0.1) is 0 Å². The lowest BCUT2D eigenvalue weighted by Crippen LogP contribution is -2.01. The van der Waals surface area contributed by atoms with Gasteiger partial charge >= 0.3 is 5.97 Å². The zero-order valence-electron chi connectivity index (χ0n) is 11.1. The minimum atomic E-state index is -0.976. The fraction of sp³-hybridized carbons (Fsp3) is 0.133.